The summed E-state index contributed by atoms with van der Waals surface area (Å²) in [5.74, 6) is -0.203. The molecule has 0 unspecified atom stereocenters. The highest BCUT2D eigenvalue weighted by atomic mass is 16.5. The van der Waals surface area contributed by atoms with E-state index in [-0.39, 0.29) is 18.0 Å². The van der Waals surface area contributed by atoms with Gasteiger partial charge in [0.2, 0.25) is 5.91 Å². The Balaban J connectivity index is 1.72. The molecule has 4 aromatic rings. The van der Waals surface area contributed by atoms with Crippen molar-refractivity contribution in [3.05, 3.63) is 82.5 Å². The molecule has 0 saturated heterocycles. The minimum Gasteiger partial charge on any atom is -0.385 e. The summed E-state index contributed by atoms with van der Waals surface area (Å²) in [5, 5.41) is 2.96. The Hall–Kier alpha value is -3.71. The van der Waals surface area contributed by atoms with Crippen LogP contribution in [0.25, 0.3) is 22.2 Å². The first-order valence-corrected chi connectivity index (χ1v) is 11.0. The third-order valence-corrected chi connectivity index (χ3v) is 5.49. The highest BCUT2D eigenvalue weighted by molar-refractivity contribution is 5.95. The minimum atomic E-state index is -0.203. The van der Waals surface area contributed by atoms with Crippen molar-refractivity contribution in [2.24, 2.45) is 0 Å². The van der Waals surface area contributed by atoms with Gasteiger partial charge in [-0.1, -0.05) is 36.4 Å². The van der Waals surface area contributed by atoms with Crippen molar-refractivity contribution in [2.75, 3.05) is 19.0 Å². The van der Waals surface area contributed by atoms with E-state index < -0.39 is 0 Å². The summed E-state index contributed by atoms with van der Waals surface area (Å²) < 4.78 is 8.39. The summed E-state index contributed by atoms with van der Waals surface area (Å²) in [6.07, 6.45) is 4.12. The second-order valence-electron chi connectivity index (χ2n) is 8.25. The Bertz CT molecular complexity index is 1320. The summed E-state index contributed by atoms with van der Waals surface area (Å²) in [4.78, 5) is 30.9. The molecule has 7 nitrogen and oxygen atoms in total. The number of aryl methyl sites for hydroxylation is 3. The maximum Gasteiger partial charge on any atom is 0.277 e. The lowest BCUT2D eigenvalue weighted by molar-refractivity contribution is -0.116. The Kier molecular flexibility index (Phi) is 6.70. The molecule has 1 amide bonds. The van der Waals surface area contributed by atoms with Gasteiger partial charge in [-0.15, -0.1) is 0 Å². The number of carbonyl (C=O) groups is 1. The summed E-state index contributed by atoms with van der Waals surface area (Å²) >= 11 is 0. The number of nitrogens with zero attached hydrogens (tertiary/aromatic N) is 3. The second-order valence-corrected chi connectivity index (χ2v) is 8.25. The van der Waals surface area contributed by atoms with E-state index in [1.807, 2.05) is 62.5 Å². The minimum absolute atomic E-state index is 0.00925. The van der Waals surface area contributed by atoms with E-state index in [2.05, 4.69) is 16.4 Å². The standard InChI is InChI=1S/C26H28N4O3/c1-18-12-19(2)14-21(13-18)28-23(31)16-30-15-22(20-8-5-4-6-9-20)24-25(30)26(32)29(17-27-24)10-7-11-33-3/h4-6,8-9,12-15,17H,7,10-11,16H2,1-3H3,(H,28,31). The van der Waals surface area contributed by atoms with E-state index in [0.29, 0.717) is 30.6 Å². The van der Waals surface area contributed by atoms with Gasteiger partial charge in [0.05, 0.1) is 6.33 Å². The van der Waals surface area contributed by atoms with Crippen molar-refractivity contribution in [1.82, 2.24) is 14.1 Å². The van der Waals surface area contributed by atoms with Crippen LogP contribution in [0.2, 0.25) is 0 Å². The Labute approximate surface area is 192 Å². The molecule has 0 aliphatic heterocycles. The number of anilines is 1. The zero-order chi connectivity index (χ0) is 23.4. The van der Waals surface area contributed by atoms with Gasteiger partial charge in [-0.3, -0.25) is 14.2 Å². The summed E-state index contributed by atoms with van der Waals surface area (Å²) in [6, 6.07) is 15.7. The van der Waals surface area contributed by atoms with Crippen LogP contribution in [0.3, 0.4) is 0 Å². The predicted molar refractivity (Wildman–Crippen MR) is 130 cm³/mol. The quantitative estimate of drug-likeness (QED) is 0.414. The van der Waals surface area contributed by atoms with Crippen LogP contribution >= 0.6 is 0 Å². The van der Waals surface area contributed by atoms with Crippen LogP contribution in [0, 0.1) is 13.8 Å². The Morgan fingerprint density at radius 2 is 1.79 bits per heavy atom. The molecule has 2 aromatic heterocycles. The molecule has 33 heavy (non-hydrogen) atoms. The number of benzene rings is 2. The van der Waals surface area contributed by atoms with Crippen molar-refractivity contribution in [2.45, 2.75) is 33.4 Å². The molecule has 0 radical (unpaired) electrons. The monoisotopic (exact) mass is 444 g/mol. The van der Waals surface area contributed by atoms with E-state index in [0.717, 1.165) is 27.9 Å². The van der Waals surface area contributed by atoms with Crippen LogP contribution in [-0.2, 0) is 22.6 Å². The molecule has 0 spiro atoms. The zero-order valence-electron chi connectivity index (χ0n) is 19.2. The Morgan fingerprint density at radius 1 is 1.06 bits per heavy atom. The van der Waals surface area contributed by atoms with E-state index in [9.17, 15) is 9.59 Å². The molecule has 170 valence electrons. The van der Waals surface area contributed by atoms with E-state index in [1.165, 1.54) is 0 Å². The number of carbonyl (C=O) groups excluding carboxylic acids is 1. The summed E-state index contributed by atoms with van der Waals surface area (Å²) in [7, 11) is 1.63. The molecule has 0 fully saturated rings. The van der Waals surface area contributed by atoms with Gasteiger partial charge >= 0.3 is 0 Å². The number of rotatable bonds is 8. The molecular formula is C26H28N4O3. The first-order valence-electron chi connectivity index (χ1n) is 11.0. The zero-order valence-corrected chi connectivity index (χ0v) is 19.2. The van der Waals surface area contributed by atoms with E-state index in [4.69, 9.17) is 4.74 Å². The van der Waals surface area contributed by atoms with Crippen molar-refractivity contribution in [3.8, 4) is 11.1 Å². The lowest BCUT2D eigenvalue weighted by Crippen LogP contribution is -2.25. The molecule has 0 aliphatic rings. The van der Waals surface area contributed by atoms with Crippen LogP contribution in [0.15, 0.2) is 65.8 Å². The topological polar surface area (TPSA) is 78.2 Å². The van der Waals surface area contributed by atoms with Crippen LogP contribution in [-0.4, -0.2) is 33.7 Å². The number of hydrogen-bond donors (Lipinski definition) is 1. The molecule has 2 heterocycles. The van der Waals surface area contributed by atoms with Gasteiger partial charge < -0.3 is 14.6 Å². The fourth-order valence-corrected chi connectivity index (χ4v) is 4.11. The van der Waals surface area contributed by atoms with Crippen LogP contribution in [0.1, 0.15) is 17.5 Å². The maximum atomic E-state index is 13.3. The smallest absolute Gasteiger partial charge is 0.277 e. The van der Waals surface area contributed by atoms with Gasteiger partial charge in [0, 0.05) is 37.7 Å². The molecule has 2 aromatic carbocycles. The van der Waals surface area contributed by atoms with Gasteiger partial charge in [-0.2, -0.15) is 0 Å². The fraction of sp³-hybridized carbons (Fsp3) is 0.269. The van der Waals surface area contributed by atoms with Crippen LogP contribution in [0.4, 0.5) is 5.69 Å². The number of methoxy groups -OCH3 is 1. The summed E-state index contributed by atoms with van der Waals surface area (Å²) in [6.45, 7) is 5.04. The number of hydrogen-bond acceptors (Lipinski definition) is 4. The molecule has 0 aliphatic carbocycles. The second kappa shape index (κ2) is 9.83. The number of nitrogens with one attached hydrogen (secondary N) is 1. The van der Waals surface area contributed by atoms with Gasteiger partial charge in [0.25, 0.3) is 5.56 Å². The van der Waals surface area contributed by atoms with Crippen LogP contribution in [0.5, 0.6) is 0 Å². The third-order valence-electron chi connectivity index (χ3n) is 5.49. The fourth-order valence-electron chi connectivity index (χ4n) is 4.11. The van der Waals surface area contributed by atoms with E-state index in [1.54, 1.807) is 22.6 Å². The van der Waals surface area contributed by atoms with Crippen molar-refractivity contribution in [1.29, 1.82) is 0 Å². The predicted octanol–water partition coefficient (Wildman–Crippen LogP) is 4.16. The molecular weight excluding hydrogens is 416 g/mol. The van der Waals surface area contributed by atoms with Crippen LogP contribution < -0.4 is 10.9 Å². The number of amides is 1. The molecule has 7 heteroatoms. The van der Waals surface area contributed by atoms with Gasteiger partial charge in [-0.05, 0) is 49.1 Å². The molecule has 1 N–H and O–H groups in total. The largest absolute Gasteiger partial charge is 0.385 e. The van der Waals surface area contributed by atoms with Gasteiger partial charge in [0.15, 0.2) is 0 Å². The number of aromatic nitrogens is 3. The molecule has 0 bridgehead atoms. The third kappa shape index (κ3) is 5.04. The summed E-state index contributed by atoms with van der Waals surface area (Å²) in [5.41, 5.74) is 5.51. The number of ether oxygens (including phenoxy) is 1. The average molecular weight is 445 g/mol. The van der Waals surface area contributed by atoms with E-state index >= 15 is 0 Å². The number of fused-ring (bicyclic) bond motifs is 1. The lowest BCUT2D eigenvalue weighted by atomic mass is 10.1. The normalized spacial score (nSPS) is 11.1. The molecule has 0 saturated carbocycles. The van der Waals surface area contributed by atoms with Gasteiger partial charge in [0.1, 0.15) is 17.6 Å². The maximum absolute atomic E-state index is 13.3. The SMILES string of the molecule is COCCCn1cnc2c(-c3ccccc3)cn(CC(=O)Nc3cc(C)cc(C)c3)c2c1=O. The highest BCUT2D eigenvalue weighted by Crippen LogP contribution is 2.27. The first kappa shape index (κ1) is 22.5. The van der Waals surface area contributed by atoms with Crippen molar-refractivity contribution < 1.29 is 9.53 Å². The average Bonchev–Trinajstić information content (AvgIpc) is 3.14. The molecule has 0 atom stereocenters. The Morgan fingerprint density at radius 3 is 2.48 bits per heavy atom. The first-order chi connectivity index (χ1) is 16.0. The highest BCUT2D eigenvalue weighted by Gasteiger charge is 2.18. The van der Waals surface area contributed by atoms with Crippen molar-refractivity contribution in [3.63, 3.8) is 0 Å². The van der Waals surface area contributed by atoms with Crippen molar-refractivity contribution >= 4 is 22.6 Å². The van der Waals surface area contributed by atoms with Gasteiger partial charge in [-0.25, -0.2) is 4.98 Å². The molecule has 4 rings (SSSR count). The lowest BCUT2D eigenvalue weighted by Gasteiger charge is -2.10.